The van der Waals surface area contributed by atoms with Crippen LogP contribution in [0.2, 0.25) is 0 Å². The normalized spacial score (nSPS) is 26.4. The topological polar surface area (TPSA) is 32.8 Å². The third kappa shape index (κ3) is 3.19. The molecule has 0 radical (unpaired) electrons. The molecular formula is C13H24N2O2. The van der Waals surface area contributed by atoms with Crippen molar-refractivity contribution < 1.29 is 9.53 Å². The van der Waals surface area contributed by atoms with Crippen molar-refractivity contribution in [3.8, 4) is 0 Å². The molecular weight excluding hydrogens is 216 g/mol. The summed E-state index contributed by atoms with van der Waals surface area (Å²) in [6, 6.07) is 0.152. The minimum absolute atomic E-state index is 0.152. The number of rotatable bonds is 4. The van der Waals surface area contributed by atoms with E-state index >= 15 is 0 Å². The zero-order chi connectivity index (χ0) is 12.1. The Morgan fingerprint density at radius 1 is 1.29 bits per heavy atom. The summed E-state index contributed by atoms with van der Waals surface area (Å²) in [5, 5.41) is 0. The van der Waals surface area contributed by atoms with Gasteiger partial charge in [-0.15, -0.1) is 0 Å². The van der Waals surface area contributed by atoms with Gasteiger partial charge in [-0.2, -0.15) is 0 Å². The Labute approximate surface area is 104 Å². The molecule has 0 aromatic rings. The molecule has 17 heavy (non-hydrogen) atoms. The maximum Gasteiger partial charge on any atom is 0.240 e. The zero-order valence-corrected chi connectivity index (χ0v) is 10.9. The second-order valence-electron chi connectivity index (χ2n) is 4.99. The Balaban J connectivity index is 1.88. The highest BCUT2D eigenvalue weighted by Gasteiger charge is 2.33. The Bertz CT molecular complexity index is 252. The molecule has 4 nitrogen and oxygen atoms in total. The van der Waals surface area contributed by atoms with E-state index in [1.165, 1.54) is 19.3 Å². The van der Waals surface area contributed by atoms with Crippen LogP contribution in [0.1, 0.15) is 32.6 Å². The molecule has 2 saturated heterocycles. The summed E-state index contributed by atoms with van der Waals surface area (Å²) >= 11 is 0. The fraction of sp³-hybridized carbons (Fsp3) is 0.923. The largest absolute Gasteiger partial charge is 0.378 e. The second-order valence-corrected chi connectivity index (χ2v) is 4.99. The molecule has 1 amide bonds. The minimum Gasteiger partial charge on any atom is -0.378 e. The van der Waals surface area contributed by atoms with E-state index in [1.807, 2.05) is 4.90 Å². The number of morpholine rings is 1. The van der Waals surface area contributed by atoms with E-state index in [-0.39, 0.29) is 6.04 Å². The number of nitrogens with zero attached hydrogens (tertiary/aromatic N) is 2. The highest BCUT2D eigenvalue weighted by atomic mass is 16.5. The first-order valence-electron chi connectivity index (χ1n) is 6.93. The van der Waals surface area contributed by atoms with Gasteiger partial charge < -0.3 is 9.64 Å². The van der Waals surface area contributed by atoms with Gasteiger partial charge in [-0.25, -0.2) is 0 Å². The molecule has 2 aliphatic heterocycles. The smallest absolute Gasteiger partial charge is 0.240 e. The lowest BCUT2D eigenvalue weighted by molar-refractivity contribution is -0.140. The summed E-state index contributed by atoms with van der Waals surface area (Å²) in [5.41, 5.74) is 0. The summed E-state index contributed by atoms with van der Waals surface area (Å²) in [6.07, 6.45) is 4.62. The standard InChI is InChI=1S/C13H24N2O2/c1-2-3-6-14-7-4-5-12(14)13(16)15-8-10-17-11-9-15/h12H,2-11H2,1H3. The maximum absolute atomic E-state index is 12.4. The van der Waals surface area contributed by atoms with E-state index in [4.69, 9.17) is 4.74 Å². The van der Waals surface area contributed by atoms with Crippen LogP contribution in [-0.4, -0.2) is 61.1 Å². The van der Waals surface area contributed by atoms with Gasteiger partial charge >= 0.3 is 0 Å². The van der Waals surface area contributed by atoms with Crippen molar-refractivity contribution in [2.24, 2.45) is 0 Å². The molecule has 1 atom stereocenters. The predicted molar refractivity (Wildman–Crippen MR) is 66.9 cm³/mol. The number of hydrogen-bond donors (Lipinski definition) is 0. The zero-order valence-electron chi connectivity index (χ0n) is 10.9. The van der Waals surface area contributed by atoms with E-state index in [2.05, 4.69) is 11.8 Å². The fourth-order valence-electron chi connectivity index (χ4n) is 2.73. The first-order chi connectivity index (χ1) is 8.33. The molecule has 2 aliphatic rings. The third-order valence-electron chi connectivity index (χ3n) is 3.77. The van der Waals surface area contributed by atoms with Gasteiger partial charge in [0.1, 0.15) is 0 Å². The van der Waals surface area contributed by atoms with Gasteiger partial charge in [0.15, 0.2) is 0 Å². The molecule has 98 valence electrons. The average molecular weight is 240 g/mol. The number of carbonyl (C=O) groups is 1. The van der Waals surface area contributed by atoms with Crippen LogP contribution in [-0.2, 0) is 9.53 Å². The second kappa shape index (κ2) is 6.36. The lowest BCUT2D eigenvalue weighted by atomic mass is 10.1. The van der Waals surface area contributed by atoms with Crippen molar-refractivity contribution in [2.75, 3.05) is 39.4 Å². The molecule has 0 spiro atoms. The first kappa shape index (κ1) is 12.8. The Hall–Kier alpha value is -0.610. The number of unbranched alkanes of at least 4 members (excludes halogenated alkanes) is 1. The van der Waals surface area contributed by atoms with Crippen molar-refractivity contribution >= 4 is 5.91 Å². The van der Waals surface area contributed by atoms with Crippen molar-refractivity contribution in [1.29, 1.82) is 0 Å². The molecule has 0 aromatic heterocycles. The molecule has 0 saturated carbocycles. The molecule has 4 heteroatoms. The van der Waals surface area contributed by atoms with Crippen LogP contribution in [0.4, 0.5) is 0 Å². The van der Waals surface area contributed by atoms with Crippen LogP contribution in [0.25, 0.3) is 0 Å². The monoisotopic (exact) mass is 240 g/mol. The summed E-state index contributed by atoms with van der Waals surface area (Å²) in [4.78, 5) is 16.8. The van der Waals surface area contributed by atoms with E-state index < -0.39 is 0 Å². The molecule has 0 bridgehead atoms. The molecule has 2 fully saturated rings. The van der Waals surface area contributed by atoms with Gasteiger partial charge in [-0.3, -0.25) is 9.69 Å². The molecule has 0 N–H and O–H groups in total. The van der Waals surface area contributed by atoms with E-state index in [0.717, 1.165) is 32.6 Å². The molecule has 1 unspecified atom stereocenters. The van der Waals surface area contributed by atoms with Crippen LogP contribution < -0.4 is 0 Å². The number of ether oxygens (including phenoxy) is 1. The van der Waals surface area contributed by atoms with Crippen LogP contribution in [0.3, 0.4) is 0 Å². The van der Waals surface area contributed by atoms with Crippen LogP contribution in [0.15, 0.2) is 0 Å². The maximum atomic E-state index is 12.4. The minimum atomic E-state index is 0.152. The number of amides is 1. The summed E-state index contributed by atoms with van der Waals surface area (Å²) in [7, 11) is 0. The summed E-state index contributed by atoms with van der Waals surface area (Å²) in [6.45, 7) is 7.33. The molecule has 2 heterocycles. The highest BCUT2D eigenvalue weighted by Crippen LogP contribution is 2.20. The van der Waals surface area contributed by atoms with Crippen molar-refractivity contribution in [2.45, 2.75) is 38.6 Å². The Kier molecular flexibility index (Phi) is 4.80. The average Bonchev–Trinajstić information content (AvgIpc) is 2.84. The predicted octanol–water partition coefficient (Wildman–Crippen LogP) is 1.11. The van der Waals surface area contributed by atoms with Crippen LogP contribution in [0, 0.1) is 0 Å². The van der Waals surface area contributed by atoms with Gasteiger partial charge in [-0.05, 0) is 32.4 Å². The Morgan fingerprint density at radius 2 is 2.06 bits per heavy atom. The number of hydrogen-bond acceptors (Lipinski definition) is 3. The lowest BCUT2D eigenvalue weighted by Gasteiger charge is -2.32. The van der Waals surface area contributed by atoms with Gasteiger partial charge in [-0.1, -0.05) is 13.3 Å². The van der Waals surface area contributed by atoms with Crippen molar-refractivity contribution in [3.63, 3.8) is 0 Å². The van der Waals surface area contributed by atoms with Crippen molar-refractivity contribution in [3.05, 3.63) is 0 Å². The molecule has 0 aromatic carbocycles. The van der Waals surface area contributed by atoms with Gasteiger partial charge in [0.25, 0.3) is 0 Å². The van der Waals surface area contributed by atoms with E-state index in [9.17, 15) is 4.79 Å². The van der Waals surface area contributed by atoms with E-state index in [1.54, 1.807) is 0 Å². The van der Waals surface area contributed by atoms with Crippen molar-refractivity contribution in [1.82, 2.24) is 9.80 Å². The molecule has 0 aliphatic carbocycles. The Morgan fingerprint density at radius 3 is 2.76 bits per heavy atom. The SMILES string of the molecule is CCCCN1CCCC1C(=O)N1CCOCC1. The van der Waals surface area contributed by atoms with Crippen LogP contribution >= 0.6 is 0 Å². The lowest BCUT2D eigenvalue weighted by Crippen LogP contribution is -2.49. The van der Waals surface area contributed by atoms with Crippen LogP contribution in [0.5, 0.6) is 0 Å². The fourth-order valence-corrected chi connectivity index (χ4v) is 2.73. The summed E-state index contributed by atoms with van der Waals surface area (Å²) < 4.78 is 5.30. The number of likely N-dealkylation sites (tertiary alicyclic amines) is 1. The third-order valence-corrected chi connectivity index (χ3v) is 3.77. The first-order valence-corrected chi connectivity index (χ1v) is 6.93. The van der Waals surface area contributed by atoms with Gasteiger partial charge in [0.2, 0.25) is 5.91 Å². The number of carbonyl (C=O) groups excluding carboxylic acids is 1. The molecule has 2 rings (SSSR count). The van der Waals surface area contributed by atoms with Gasteiger partial charge in [0.05, 0.1) is 19.3 Å². The van der Waals surface area contributed by atoms with E-state index in [0.29, 0.717) is 19.1 Å². The quantitative estimate of drug-likeness (QED) is 0.738. The highest BCUT2D eigenvalue weighted by molar-refractivity contribution is 5.82. The van der Waals surface area contributed by atoms with Gasteiger partial charge in [0, 0.05) is 13.1 Å². The summed E-state index contributed by atoms with van der Waals surface area (Å²) in [5.74, 6) is 0.335.